The fourth-order valence-corrected chi connectivity index (χ4v) is 3.85. The lowest BCUT2D eigenvalue weighted by molar-refractivity contribution is 0.104. The molecule has 0 aliphatic heterocycles. The molecule has 4 rings (SSSR count). The van der Waals surface area contributed by atoms with E-state index in [1.165, 1.54) is 0 Å². The minimum absolute atomic E-state index is 0.0267. The number of nitrogens with zero attached hydrogens (tertiary/aromatic N) is 1. The van der Waals surface area contributed by atoms with Crippen molar-refractivity contribution in [1.29, 1.82) is 0 Å². The van der Waals surface area contributed by atoms with Crippen LogP contribution in [0.2, 0.25) is 0 Å². The van der Waals surface area contributed by atoms with E-state index < -0.39 is 0 Å². The van der Waals surface area contributed by atoms with E-state index in [4.69, 9.17) is 9.47 Å². The quantitative estimate of drug-likeness (QED) is 0.272. The van der Waals surface area contributed by atoms with Gasteiger partial charge in [0.2, 0.25) is 0 Å². The molecule has 0 bridgehead atoms. The summed E-state index contributed by atoms with van der Waals surface area (Å²) in [4.78, 5) is 13.2. The summed E-state index contributed by atoms with van der Waals surface area (Å²) < 4.78 is 13.4. The van der Waals surface area contributed by atoms with Crippen LogP contribution in [-0.4, -0.2) is 37.2 Å². The monoisotopic (exact) mass is 428 g/mol. The number of hydrogen-bond acceptors (Lipinski definition) is 4. The normalized spacial score (nSPS) is 10.9. The highest BCUT2D eigenvalue weighted by molar-refractivity contribution is 6.17. The summed E-state index contributed by atoms with van der Waals surface area (Å²) in [6.45, 7) is 3.04. The Morgan fingerprint density at radius 3 is 2.41 bits per heavy atom. The number of nitrogens with one attached hydrogen (secondary N) is 1. The minimum Gasteiger partial charge on any atom is -0.495 e. The van der Waals surface area contributed by atoms with Crippen LogP contribution in [0, 0.1) is 0 Å². The topological polar surface area (TPSA) is 52.5 Å². The molecule has 0 amide bonds. The molecule has 0 saturated heterocycles. The van der Waals surface area contributed by atoms with Crippen molar-refractivity contribution in [2.24, 2.45) is 0 Å². The molecule has 0 radical (unpaired) electrons. The molecule has 0 spiro atoms. The molecule has 0 saturated carbocycles. The maximum atomic E-state index is 13.2. The number of methoxy groups -OCH3 is 1. The number of aromatic nitrogens is 1. The first kappa shape index (κ1) is 21.7. The van der Waals surface area contributed by atoms with Gasteiger partial charge in [-0.1, -0.05) is 60.7 Å². The standard InChI is InChI=1S/C27H28N2O3/c1-31-25-15-8-14-23-24(27(30)21-10-4-2-5-11-21)20-29(26(23)25)18-9-16-28-17-19-32-22-12-6-3-7-13-22/h2-8,10-15,20,28H,9,16-19H2,1H3. The molecule has 4 aromatic rings. The summed E-state index contributed by atoms with van der Waals surface area (Å²) in [6, 6.07) is 25.1. The molecule has 164 valence electrons. The van der Waals surface area contributed by atoms with E-state index >= 15 is 0 Å². The van der Waals surface area contributed by atoms with Crippen molar-refractivity contribution in [2.45, 2.75) is 13.0 Å². The number of fused-ring (bicyclic) bond motifs is 1. The lowest BCUT2D eigenvalue weighted by Gasteiger charge is -2.10. The first-order chi connectivity index (χ1) is 15.8. The Kier molecular flexibility index (Phi) is 7.20. The van der Waals surface area contributed by atoms with Crippen molar-refractivity contribution in [3.8, 4) is 11.5 Å². The van der Waals surface area contributed by atoms with Crippen molar-refractivity contribution in [3.05, 3.63) is 96.2 Å². The first-order valence-corrected chi connectivity index (χ1v) is 10.9. The molecule has 3 aromatic carbocycles. The number of carbonyl (C=O) groups is 1. The van der Waals surface area contributed by atoms with E-state index in [1.54, 1.807) is 7.11 Å². The Hall–Kier alpha value is -3.57. The van der Waals surface area contributed by atoms with Gasteiger partial charge in [-0.3, -0.25) is 4.79 Å². The predicted octanol–water partition coefficient (Wildman–Crippen LogP) is 4.94. The average Bonchev–Trinajstić information content (AvgIpc) is 3.23. The lowest BCUT2D eigenvalue weighted by Crippen LogP contribution is -2.23. The van der Waals surface area contributed by atoms with Gasteiger partial charge in [-0.05, 0) is 31.2 Å². The maximum Gasteiger partial charge on any atom is 0.195 e. The highest BCUT2D eigenvalue weighted by Gasteiger charge is 2.18. The summed E-state index contributed by atoms with van der Waals surface area (Å²) >= 11 is 0. The van der Waals surface area contributed by atoms with Crippen molar-refractivity contribution in [3.63, 3.8) is 0 Å². The Morgan fingerprint density at radius 1 is 0.906 bits per heavy atom. The Labute approximate surface area is 188 Å². The number of carbonyl (C=O) groups excluding carboxylic acids is 1. The highest BCUT2D eigenvalue weighted by atomic mass is 16.5. The molecule has 1 aromatic heterocycles. The largest absolute Gasteiger partial charge is 0.495 e. The first-order valence-electron chi connectivity index (χ1n) is 10.9. The zero-order valence-electron chi connectivity index (χ0n) is 18.3. The second kappa shape index (κ2) is 10.6. The third-order valence-electron chi connectivity index (χ3n) is 5.41. The van der Waals surface area contributed by atoms with E-state index in [0.29, 0.717) is 17.7 Å². The fourth-order valence-electron chi connectivity index (χ4n) is 3.85. The highest BCUT2D eigenvalue weighted by Crippen LogP contribution is 2.31. The van der Waals surface area contributed by atoms with Gasteiger partial charge >= 0.3 is 0 Å². The van der Waals surface area contributed by atoms with Crippen LogP contribution in [0.15, 0.2) is 85.1 Å². The van der Waals surface area contributed by atoms with Gasteiger partial charge in [0.25, 0.3) is 0 Å². The number of benzene rings is 3. The predicted molar refractivity (Wildman–Crippen MR) is 128 cm³/mol. The fraction of sp³-hybridized carbons (Fsp3) is 0.222. The van der Waals surface area contributed by atoms with Gasteiger partial charge in [0.05, 0.1) is 12.6 Å². The summed E-state index contributed by atoms with van der Waals surface area (Å²) in [5.41, 5.74) is 2.35. The molecule has 0 atom stereocenters. The van der Waals surface area contributed by atoms with Crippen LogP contribution in [0.4, 0.5) is 0 Å². The second-order valence-corrected chi connectivity index (χ2v) is 7.55. The van der Waals surface area contributed by atoms with Crippen molar-refractivity contribution in [1.82, 2.24) is 9.88 Å². The zero-order chi connectivity index (χ0) is 22.2. The molecule has 5 nitrogen and oxygen atoms in total. The number of ketones is 1. The molecule has 1 heterocycles. The van der Waals surface area contributed by atoms with Crippen molar-refractivity contribution >= 4 is 16.7 Å². The van der Waals surface area contributed by atoms with Crippen LogP contribution in [-0.2, 0) is 6.54 Å². The van der Waals surface area contributed by atoms with Gasteiger partial charge in [0.15, 0.2) is 5.78 Å². The van der Waals surface area contributed by atoms with Gasteiger partial charge in [-0.25, -0.2) is 0 Å². The van der Waals surface area contributed by atoms with Crippen LogP contribution < -0.4 is 14.8 Å². The lowest BCUT2D eigenvalue weighted by atomic mass is 10.0. The van der Waals surface area contributed by atoms with Crippen molar-refractivity contribution < 1.29 is 14.3 Å². The SMILES string of the molecule is COc1cccc2c(C(=O)c3ccccc3)cn(CCCNCCOc3ccccc3)c12. The number of para-hydroxylation sites is 2. The number of aryl methyl sites for hydroxylation is 1. The van der Waals surface area contributed by atoms with Crippen LogP contribution in [0.1, 0.15) is 22.3 Å². The van der Waals surface area contributed by atoms with Crippen molar-refractivity contribution in [2.75, 3.05) is 26.8 Å². The van der Waals surface area contributed by atoms with Crippen LogP contribution in [0.3, 0.4) is 0 Å². The summed E-state index contributed by atoms with van der Waals surface area (Å²) in [5, 5.41) is 4.34. The molecular weight excluding hydrogens is 400 g/mol. The minimum atomic E-state index is 0.0267. The van der Waals surface area contributed by atoms with Gasteiger partial charge in [-0.2, -0.15) is 0 Å². The Balaban J connectivity index is 1.40. The molecule has 1 N–H and O–H groups in total. The van der Waals surface area contributed by atoms with Gasteiger partial charge in [0.1, 0.15) is 18.1 Å². The molecule has 0 aliphatic carbocycles. The van der Waals surface area contributed by atoms with E-state index in [0.717, 1.165) is 48.5 Å². The number of rotatable bonds is 11. The van der Waals surface area contributed by atoms with Crippen LogP contribution in [0.25, 0.3) is 10.9 Å². The average molecular weight is 429 g/mol. The zero-order valence-corrected chi connectivity index (χ0v) is 18.3. The summed E-state index contributed by atoms with van der Waals surface area (Å²) in [6.07, 6.45) is 2.88. The summed E-state index contributed by atoms with van der Waals surface area (Å²) in [7, 11) is 1.67. The van der Waals surface area contributed by atoms with E-state index in [1.807, 2.05) is 85.1 Å². The molecule has 5 heteroatoms. The van der Waals surface area contributed by atoms with Gasteiger partial charge in [-0.15, -0.1) is 0 Å². The Bertz CT molecular complexity index is 1150. The number of hydrogen-bond donors (Lipinski definition) is 1. The maximum absolute atomic E-state index is 13.2. The molecule has 32 heavy (non-hydrogen) atoms. The third kappa shape index (κ3) is 5.01. The molecule has 0 aliphatic rings. The van der Waals surface area contributed by atoms with Crippen LogP contribution in [0.5, 0.6) is 11.5 Å². The Morgan fingerprint density at radius 2 is 1.66 bits per heavy atom. The summed E-state index contributed by atoms with van der Waals surface area (Å²) in [5.74, 6) is 1.69. The van der Waals surface area contributed by atoms with E-state index in [9.17, 15) is 4.79 Å². The molecule has 0 fully saturated rings. The number of ether oxygens (including phenoxy) is 2. The van der Waals surface area contributed by atoms with E-state index in [2.05, 4.69) is 9.88 Å². The van der Waals surface area contributed by atoms with Gasteiger partial charge in [0, 0.05) is 35.8 Å². The van der Waals surface area contributed by atoms with Gasteiger partial charge < -0.3 is 19.4 Å². The third-order valence-corrected chi connectivity index (χ3v) is 5.41. The molecule has 0 unspecified atom stereocenters. The smallest absolute Gasteiger partial charge is 0.195 e. The molecular formula is C27H28N2O3. The second-order valence-electron chi connectivity index (χ2n) is 7.55. The van der Waals surface area contributed by atoms with Crippen LogP contribution >= 0.6 is 0 Å². The van der Waals surface area contributed by atoms with E-state index in [-0.39, 0.29) is 5.78 Å².